The Morgan fingerprint density at radius 3 is 2.42 bits per heavy atom. The molecule has 4 bridgehead atoms. The molecule has 2 aromatic heterocycles. The fourth-order valence-corrected chi connectivity index (χ4v) is 6.88. The molecule has 0 radical (unpaired) electrons. The Balaban J connectivity index is 1.10. The van der Waals surface area contributed by atoms with Crippen molar-refractivity contribution in [2.45, 2.75) is 51.9 Å². The molecule has 4 saturated carbocycles. The number of hydrogen-bond donors (Lipinski definition) is 1. The highest BCUT2D eigenvalue weighted by Gasteiger charge is 2.51. The number of ether oxygens (including phenoxy) is 1. The number of carbonyl (C=O) groups excluding carboxylic acids is 1. The van der Waals surface area contributed by atoms with Gasteiger partial charge in [0.05, 0.1) is 0 Å². The van der Waals surface area contributed by atoms with E-state index >= 15 is 0 Å². The highest BCUT2D eigenvalue weighted by molar-refractivity contribution is 5.91. The maximum Gasteiger partial charge on any atom is 0.224 e. The second-order valence-corrected chi connectivity index (χ2v) is 10.3. The zero-order valence-corrected chi connectivity index (χ0v) is 18.9. The summed E-state index contributed by atoms with van der Waals surface area (Å²) in [6, 6.07) is 11.1. The summed E-state index contributed by atoms with van der Waals surface area (Å²) in [5.74, 6) is 5.08. The molecule has 1 amide bonds. The lowest BCUT2D eigenvalue weighted by Crippen LogP contribution is -2.47. The highest BCUT2D eigenvalue weighted by Crippen LogP contribution is 2.61. The summed E-state index contributed by atoms with van der Waals surface area (Å²) < 4.78 is 7.61. The lowest BCUT2D eigenvalue weighted by atomic mass is 9.49. The van der Waals surface area contributed by atoms with Gasteiger partial charge < -0.3 is 10.1 Å². The van der Waals surface area contributed by atoms with Gasteiger partial charge in [-0.25, -0.2) is 9.67 Å². The van der Waals surface area contributed by atoms with Gasteiger partial charge in [-0.05, 0) is 98.9 Å². The first-order valence-corrected chi connectivity index (χ1v) is 12.0. The first-order chi connectivity index (χ1) is 16.0. The van der Waals surface area contributed by atoms with Crippen LogP contribution < -0.4 is 10.1 Å². The van der Waals surface area contributed by atoms with E-state index in [1.807, 2.05) is 43.5 Å². The minimum atomic E-state index is 0.140. The standard InChI is InChI=1S/C26H29N5O2/c1-17-28-23(31-8-2-7-27-31)12-25(29-17)33-22-5-3-21(4-6-22)30-24(32)16-26-13-18-9-19(14-26)11-20(10-18)15-26/h2-8,12,18-20H,9-11,13-16H2,1H3,(H,30,32). The Morgan fingerprint density at radius 2 is 1.79 bits per heavy atom. The van der Waals surface area contributed by atoms with Gasteiger partial charge in [0.1, 0.15) is 11.6 Å². The lowest BCUT2D eigenvalue weighted by molar-refractivity contribution is -0.124. The van der Waals surface area contributed by atoms with Gasteiger partial charge in [-0.15, -0.1) is 0 Å². The second-order valence-electron chi connectivity index (χ2n) is 10.3. The molecular weight excluding hydrogens is 414 g/mol. The summed E-state index contributed by atoms with van der Waals surface area (Å²) in [5, 5.41) is 7.33. The van der Waals surface area contributed by atoms with Crippen LogP contribution in [0.25, 0.3) is 5.82 Å². The van der Waals surface area contributed by atoms with Crippen LogP contribution in [0.2, 0.25) is 0 Å². The molecule has 1 aromatic carbocycles. The van der Waals surface area contributed by atoms with Crippen molar-refractivity contribution < 1.29 is 9.53 Å². The molecule has 4 aliphatic rings. The van der Waals surface area contributed by atoms with Crippen molar-refractivity contribution in [3.63, 3.8) is 0 Å². The molecule has 1 N–H and O–H groups in total. The number of amides is 1. The molecule has 0 unspecified atom stereocenters. The Morgan fingerprint density at radius 1 is 1.09 bits per heavy atom. The second kappa shape index (κ2) is 7.97. The maximum absolute atomic E-state index is 12.9. The number of aryl methyl sites for hydroxylation is 1. The van der Waals surface area contributed by atoms with Gasteiger partial charge in [0, 0.05) is 30.6 Å². The summed E-state index contributed by atoms with van der Waals surface area (Å²) in [6.07, 6.45) is 12.1. The van der Waals surface area contributed by atoms with E-state index in [1.54, 1.807) is 16.9 Å². The monoisotopic (exact) mass is 443 g/mol. The fraction of sp³-hybridized carbons (Fsp3) is 0.462. The average Bonchev–Trinajstić information content (AvgIpc) is 3.28. The normalized spacial score (nSPS) is 27.5. The van der Waals surface area contributed by atoms with Crippen molar-refractivity contribution in [3.8, 4) is 17.4 Å². The van der Waals surface area contributed by atoms with Crippen LogP contribution in [0.15, 0.2) is 48.8 Å². The molecular formula is C26H29N5O2. The van der Waals surface area contributed by atoms with E-state index in [2.05, 4.69) is 20.4 Å². The largest absolute Gasteiger partial charge is 0.439 e. The fourth-order valence-electron chi connectivity index (χ4n) is 6.88. The van der Waals surface area contributed by atoms with Gasteiger partial charge in [0.2, 0.25) is 11.8 Å². The van der Waals surface area contributed by atoms with E-state index in [0.717, 1.165) is 23.4 Å². The van der Waals surface area contributed by atoms with Crippen molar-refractivity contribution in [1.29, 1.82) is 0 Å². The van der Waals surface area contributed by atoms with Crippen LogP contribution in [0.4, 0.5) is 5.69 Å². The maximum atomic E-state index is 12.9. The van der Waals surface area contributed by atoms with Crippen LogP contribution in [-0.2, 0) is 4.79 Å². The van der Waals surface area contributed by atoms with Crippen molar-refractivity contribution in [2.24, 2.45) is 23.2 Å². The number of nitrogens with zero attached hydrogens (tertiary/aromatic N) is 4. The third kappa shape index (κ3) is 4.24. The quantitative estimate of drug-likeness (QED) is 0.558. The van der Waals surface area contributed by atoms with Crippen molar-refractivity contribution in [3.05, 3.63) is 54.6 Å². The first-order valence-electron chi connectivity index (χ1n) is 12.0. The Hall–Kier alpha value is -3.22. The first kappa shape index (κ1) is 20.4. The van der Waals surface area contributed by atoms with Crippen LogP contribution in [0.3, 0.4) is 0 Å². The molecule has 7 nitrogen and oxygen atoms in total. The molecule has 3 aromatic rings. The van der Waals surface area contributed by atoms with Crippen LogP contribution in [0.1, 0.15) is 50.8 Å². The highest BCUT2D eigenvalue weighted by atomic mass is 16.5. The number of rotatable bonds is 6. The predicted octanol–water partition coefficient (Wildman–Crippen LogP) is 5.31. The minimum Gasteiger partial charge on any atom is -0.439 e. The van der Waals surface area contributed by atoms with Crippen LogP contribution in [-0.4, -0.2) is 25.7 Å². The van der Waals surface area contributed by atoms with Gasteiger partial charge in [-0.2, -0.15) is 10.1 Å². The molecule has 2 heterocycles. The van der Waals surface area contributed by atoms with Gasteiger partial charge in [-0.1, -0.05) is 0 Å². The predicted molar refractivity (Wildman–Crippen MR) is 124 cm³/mol. The third-order valence-electron chi connectivity index (χ3n) is 7.60. The van der Waals surface area contributed by atoms with Gasteiger partial charge in [-0.3, -0.25) is 4.79 Å². The number of benzene rings is 1. The van der Waals surface area contributed by atoms with Gasteiger partial charge in [0.15, 0.2) is 5.82 Å². The van der Waals surface area contributed by atoms with Crippen LogP contribution in [0, 0.1) is 30.1 Å². The zero-order valence-electron chi connectivity index (χ0n) is 18.9. The van der Waals surface area contributed by atoms with Gasteiger partial charge >= 0.3 is 0 Å². The smallest absolute Gasteiger partial charge is 0.224 e. The van der Waals surface area contributed by atoms with Crippen molar-refractivity contribution in [1.82, 2.24) is 19.7 Å². The Bertz CT molecular complexity index is 1120. The summed E-state index contributed by atoms with van der Waals surface area (Å²) in [4.78, 5) is 21.7. The van der Waals surface area contributed by atoms with E-state index in [9.17, 15) is 4.79 Å². The summed E-state index contributed by atoms with van der Waals surface area (Å²) in [5.41, 5.74) is 1.05. The molecule has 33 heavy (non-hydrogen) atoms. The number of hydrogen-bond acceptors (Lipinski definition) is 5. The molecule has 0 atom stereocenters. The third-order valence-corrected chi connectivity index (χ3v) is 7.60. The topological polar surface area (TPSA) is 81.9 Å². The number of anilines is 1. The molecule has 170 valence electrons. The van der Waals surface area contributed by atoms with E-state index in [4.69, 9.17) is 4.74 Å². The molecule has 0 saturated heterocycles. The van der Waals surface area contributed by atoms with E-state index in [-0.39, 0.29) is 11.3 Å². The van der Waals surface area contributed by atoms with Gasteiger partial charge in [0.25, 0.3) is 0 Å². The van der Waals surface area contributed by atoms with E-state index in [1.165, 1.54) is 38.5 Å². The summed E-state index contributed by atoms with van der Waals surface area (Å²) in [7, 11) is 0. The Labute approximate surface area is 193 Å². The molecule has 0 spiro atoms. The minimum absolute atomic E-state index is 0.140. The summed E-state index contributed by atoms with van der Waals surface area (Å²) in [6.45, 7) is 1.82. The Kier molecular flexibility index (Phi) is 4.93. The zero-order chi connectivity index (χ0) is 22.4. The SMILES string of the molecule is Cc1nc(Oc2ccc(NC(=O)CC34CC5CC(CC(C5)C3)C4)cc2)cc(-n2cccn2)n1. The average molecular weight is 444 g/mol. The molecule has 4 aliphatic carbocycles. The van der Waals surface area contributed by atoms with E-state index < -0.39 is 0 Å². The molecule has 4 fully saturated rings. The molecule has 7 heteroatoms. The van der Waals surface area contributed by atoms with Crippen LogP contribution >= 0.6 is 0 Å². The van der Waals surface area contributed by atoms with E-state index in [0.29, 0.717) is 29.7 Å². The number of carbonyl (C=O) groups is 1. The van der Waals surface area contributed by atoms with Crippen LogP contribution in [0.5, 0.6) is 11.6 Å². The molecule has 0 aliphatic heterocycles. The molecule has 7 rings (SSSR count). The number of nitrogens with one attached hydrogen (secondary N) is 1. The lowest BCUT2D eigenvalue weighted by Gasteiger charge is -2.56. The summed E-state index contributed by atoms with van der Waals surface area (Å²) >= 11 is 0. The van der Waals surface area contributed by atoms with Crippen molar-refractivity contribution >= 4 is 11.6 Å². The van der Waals surface area contributed by atoms with Crippen molar-refractivity contribution in [2.75, 3.05) is 5.32 Å². The number of aromatic nitrogens is 4.